The number of aliphatic carboxylic acids is 1. The van der Waals surface area contributed by atoms with E-state index < -0.39 is 11.4 Å². The van der Waals surface area contributed by atoms with Crippen molar-refractivity contribution in [2.45, 2.75) is 51.0 Å². The first-order valence-corrected chi connectivity index (χ1v) is 10.2. The molecule has 1 aliphatic carbocycles. The number of carboxylic acid groups (broad SMARTS) is 1. The Labute approximate surface area is 155 Å². The number of hydrogen-bond acceptors (Lipinski definition) is 5. The molecule has 1 fully saturated rings. The van der Waals surface area contributed by atoms with Gasteiger partial charge in [0.15, 0.2) is 0 Å². The Hall–Kier alpha value is -1.73. The van der Waals surface area contributed by atoms with Crippen LogP contribution in [0.25, 0.3) is 9.88 Å². The SMILES string of the molecule is CC(C)(C(=O)NC1CCC(C(=O)O)CC1)c1csc(-c2cccs2)n1. The second kappa shape index (κ2) is 7.25. The molecule has 1 aliphatic rings. The highest BCUT2D eigenvalue weighted by atomic mass is 32.1. The first-order chi connectivity index (χ1) is 11.9. The number of carbonyl (C=O) groups excluding carboxylic acids is 1. The average molecular weight is 379 g/mol. The summed E-state index contributed by atoms with van der Waals surface area (Å²) in [7, 11) is 0. The van der Waals surface area contributed by atoms with E-state index in [-0.39, 0.29) is 17.9 Å². The number of rotatable bonds is 5. The molecule has 2 aromatic rings. The minimum Gasteiger partial charge on any atom is -0.481 e. The standard InChI is InChI=1S/C18H22N2O3S2/c1-18(2,14-10-25-15(20-14)13-4-3-9-24-13)17(23)19-12-7-5-11(6-8-12)16(21)22/h3-4,9-12H,5-8H2,1-2H3,(H,19,23)(H,21,22). The van der Waals surface area contributed by atoms with Crippen LogP contribution in [0.5, 0.6) is 0 Å². The Bertz CT molecular complexity index is 744. The Morgan fingerprint density at radius 1 is 1.24 bits per heavy atom. The van der Waals surface area contributed by atoms with Crippen LogP contribution in [0.15, 0.2) is 22.9 Å². The zero-order valence-electron chi connectivity index (χ0n) is 14.3. The van der Waals surface area contributed by atoms with E-state index in [1.165, 1.54) is 0 Å². The second-order valence-electron chi connectivity index (χ2n) is 7.00. The van der Waals surface area contributed by atoms with Crippen molar-refractivity contribution in [3.8, 4) is 9.88 Å². The van der Waals surface area contributed by atoms with E-state index in [0.717, 1.165) is 28.4 Å². The first-order valence-electron chi connectivity index (χ1n) is 8.41. The van der Waals surface area contributed by atoms with Crippen LogP contribution >= 0.6 is 22.7 Å². The summed E-state index contributed by atoms with van der Waals surface area (Å²) in [6, 6.07) is 4.07. The van der Waals surface area contributed by atoms with E-state index in [9.17, 15) is 9.59 Å². The molecule has 0 aliphatic heterocycles. The van der Waals surface area contributed by atoms with Gasteiger partial charge in [-0.2, -0.15) is 0 Å². The van der Waals surface area contributed by atoms with Gasteiger partial charge < -0.3 is 10.4 Å². The molecule has 2 aromatic heterocycles. The van der Waals surface area contributed by atoms with Crippen molar-refractivity contribution in [3.05, 3.63) is 28.6 Å². The quantitative estimate of drug-likeness (QED) is 0.827. The number of thiophene rings is 1. The molecule has 2 N–H and O–H groups in total. The van der Waals surface area contributed by atoms with Crippen LogP contribution in [0.4, 0.5) is 0 Å². The fourth-order valence-electron chi connectivity index (χ4n) is 3.04. The third-order valence-electron chi connectivity index (χ3n) is 4.86. The molecule has 1 saturated carbocycles. The summed E-state index contributed by atoms with van der Waals surface area (Å²) in [6.07, 6.45) is 2.69. The van der Waals surface area contributed by atoms with Crippen molar-refractivity contribution in [1.29, 1.82) is 0 Å². The van der Waals surface area contributed by atoms with Crippen LogP contribution in [0, 0.1) is 5.92 Å². The number of thiazole rings is 1. The van der Waals surface area contributed by atoms with Crippen LogP contribution in [0.1, 0.15) is 45.2 Å². The number of carbonyl (C=O) groups is 2. The molecule has 3 rings (SSSR count). The molecule has 1 amide bonds. The van der Waals surface area contributed by atoms with Gasteiger partial charge in [0.1, 0.15) is 5.01 Å². The van der Waals surface area contributed by atoms with E-state index in [0.29, 0.717) is 12.8 Å². The molecule has 5 nitrogen and oxygen atoms in total. The molecule has 2 heterocycles. The van der Waals surface area contributed by atoms with Crippen molar-refractivity contribution < 1.29 is 14.7 Å². The third-order valence-corrected chi connectivity index (χ3v) is 6.74. The van der Waals surface area contributed by atoms with Crippen molar-refractivity contribution in [1.82, 2.24) is 10.3 Å². The lowest BCUT2D eigenvalue weighted by molar-refractivity contribution is -0.142. The fraction of sp³-hybridized carbons (Fsp3) is 0.500. The van der Waals surface area contributed by atoms with Crippen LogP contribution in [0.2, 0.25) is 0 Å². The number of nitrogens with zero attached hydrogens (tertiary/aromatic N) is 1. The van der Waals surface area contributed by atoms with E-state index in [2.05, 4.69) is 10.3 Å². The highest BCUT2D eigenvalue weighted by molar-refractivity contribution is 7.20. The van der Waals surface area contributed by atoms with Gasteiger partial charge in [-0.1, -0.05) is 6.07 Å². The summed E-state index contributed by atoms with van der Waals surface area (Å²) in [5.41, 5.74) is 0.0629. The summed E-state index contributed by atoms with van der Waals surface area (Å²) in [4.78, 5) is 29.6. The Balaban J connectivity index is 1.64. The number of hydrogen-bond donors (Lipinski definition) is 2. The highest BCUT2D eigenvalue weighted by Gasteiger charge is 2.35. The van der Waals surface area contributed by atoms with E-state index >= 15 is 0 Å². The van der Waals surface area contributed by atoms with Crippen LogP contribution in [-0.2, 0) is 15.0 Å². The highest BCUT2D eigenvalue weighted by Crippen LogP contribution is 2.33. The summed E-state index contributed by atoms with van der Waals surface area (Å²) in [5.74, 6) is -1.05. The predicted octanol–water partition coefficient (Wildman–Crippen LogP) is 3.91. The van der Waals surface area contributed by atoms with Gasteiger partial charge in [-0.25, -0.2) is 4.98 Å². The molecular weight excluding hydrogens is 356 g/mol. The average Bonchev–Trinajstić information content (AvgIpc) is 3.26. The monoisotopic (exact) mass is 378 g/mol. The largest absolute Gasteiger partial charge is 0.481 e. The molecule has 0 saturated heterocycles. The van der Waals surface area contributed by atoms with E-state index in [1.54, 1.807) is 22.7 Å². The van der Waals surface area contributed by atoms with Crippen molar-refractivity contribution in [3.63, 3.8) is 0 Å². The Kier molecular flexibility index (Phi) is 5.24. The normalized spacial score (nSPS) is 21.0. The lowest BCUT2D eigenvalue weighted by atomic mass is 9.84. The van der Waals surface area contributed by atoms with Crippen LogP contribution < -0.4 is 5.32 Å². The summed E-state index contributed by atoms with van der Waals surface area (Å²) in [6.45, 7) is 3.77. The minimum absolute atomic E-state index is 0.0469. The zero-order valence-corrected chi connectivity index (χ0v) is 16.0. The molecule has 0 unspecified atom stereocenters. The summed E-state index contributed by atoms with van der Waals surface area (Å²) in [5, 5.41) is 17.1. The van der Waals surface area contributed by atoms with Gasteiger partial charge in [0.05, 0.1) is 21.9 Å². The number of nitrogens with one attached hydrogen (secondary N) is 1. The maximum atomic E-state index is 12.8. The molecule has 0 atom stereocenters. The first kappa shape index (κ1) is 18.1. The molecule has 25 heavy (non-hydrogen) atoms. The van der Waals surface area contributed by atoms with Crippen molar-refractivity contribution in [2.75, 3.05) is 0 Å². The number of carboxylic acids is 1. The van der Waals surface area contributed by atoms with Gasteiger partial charge in [0.2, 0.25) is 5.91 Å². The fourth-order valence-corrected chi connectivity index (χ4v) is 4.84. The summed E-state index contributed by atoms with van der Waals surface area (Å²) < 4.78 is 0. The van der Waals surface area contributed by atoms with Crippen molar-refractivity contribution >= 4 is 34.6 Å². The smallest absolute Gasteiger partial charge is 0.306 e. The van der Waals surface area contributed by atoms with Gasteiger partial charge in [-0.3, -0.25) is 9.59 Å². The van der Waals surface area contributed by atoms with Crippen molar-refractivity contribution in [2.24, 2.45) is 5.92 Å². The molecule has 7 heteroatoms. The topological polar surface area (TPSA) is 79.3 Å². The molecule has 134 valence electrons. The number of amides is 1. The van der Waals surface area contributed by atoms with Gasteiger partial charge >= 0.3 is 5.97 Å². The molecule has 0 aromatic carbocycles. The number of aromatic nitrogens is 1. The molecule has 0 radical (unpaired) electrons. The van der Waals surface area contributed by atoms with Gasteiger partial charge in [-0.15, -0.1) is 22.7 Å². The lowest BCUT2D eigenvalue weighted by Crippen LogP contribution is -2.46. The van der Waals surface area contributed by atoms with Crippen LogP contribution in [0.3, 0.4) is 0 Å². The summed E-state index contributed by atoms with van der Waals surface area (Å²) >= 11 is 3.19. The Morgan fingerprint density at radius 3 is 2.56 bits per heavy atom. The molecule has 0 spiro atoms. The predicted molar refractivity (Wildman–Crippen MR) is 100.0 cm³/mol. The molecular formula is C18H22N2O3S2. The molecule has 0 bridgehead atoms. The van der Waals surface area contributed by atoms with Gasteiger partial charge in [-0.05, 0) is 51.0 Å². The lowest BCUT2D eigenvalue weighted by Gasteiger charge is -2.30. The Morgan fingerprint density at radius 2 is 1.96 bits per heavy atom. The zero-order chi connectivity index (χ0) is 18.0. The maximum absolute atomic E-state index is 12.8. The maximum Gasteiger partial charge on any atom is 0.306 e. The van der Waals surface area contributed by atoms with Crippen LogP contribution in [-0.4, -0.2) is 28.0 Å². The van der Waals surface area contributed by atoms with Gasteiger partial charge in [0, 0.05) is 11.4 Å². The minimum atomic E-state index is -0.728. The van der Waals surface area contributed by atoms with Gasteiger partial charge in [0.25, 0.3) is 0 Å². The second-order valence-corrected chi connectivity index (χ2v) is 8.81. The van der Waals surface area contributed by atoms with E-state index in [4.69, 9.17) is 5.11 Å². The third kappa shape index (κ3) is 3.93. The van der Waals surface area contributed by atoms with E-state index in [1.807, 2.05) is 36.7 Å².